The summed E-state index contributed by atoms with van der Waals surface area (Å²) in [6, 6.07) is 7.09. The van der Waals surface area contributed by atoms with Crippen LogP contribution in [0.5, 0.6) is 0 Å². The molecule has 2 aliphatic heterocycles. The van der Waals surface area contributed by atoms with Crippen molar-refractivity contribution in [2.75, 3.05) is 23.1 Å². The van der Waals surface area contributed by atoms with Gasteiger partial charge in [0.05, 0.1) is 11.1 Å². The Bertz CT molecular complexity index is 1340. The van der Waals surface area contributed by atoms with Gasteiger partial charge in [-0.2, -0.15) is 0 Å². The molecule has 0 fully saturated rings. The first-order chi connectivity index (χ1) is 14.9. The summed E-state index contributed by atoms with van der Waals surface area (Å²) in [4.78, 5) is 50.1. The third-order valence-electron chi connectivity index (χ3n) is 5.77. The van der Waals surface area contributed by atoms with Crippen molar-refractivity contribution in [2.24, 2.45) is 14.1 Å². The summed E-state index contributed by atoms with van der Waals surface area (Å²) in [6.07, 6.45) is 3.64. The number of aromatic nitrogens is 4. The summed E-state index contributed by atoms with van der Waals surface area (Å²) in [7, 11) is 3.22. The maximum Gasteiger partial charge on any atom is 0.261 e. The number of nitrogens with one attached hydrogen (secondary N) is 2. The summed E-state index contributed by atoms with van der Waals surface area (Å²) in [5.74, 6) is 0.00326. The van der Waals surface area contributed by atoms with Crippen LogP contribution in [0.15, 0.2) is 44.2 Å². The molecule has 0 bridgehead atoms. The van der Waals surface area contributed by atoms with Crippen molar-refractivity contribution < 1.29 is 4.79 Å². The molecule has 31 heavy (non-hydrogen) atoms. The molecule has 3 aromatic rings. The van der Waals surface area contributed by atoms with E-state index in [2.05, 4.69) is 20.6 Å². The van der Waals surface area contributed by atoms with E-state index in [9.17, 15) is 14.4 Å². The Balaban J connectivity index is 2.02. The minimum atomic E-state index is -1.65. The standard InChI is InChI=1S/C20H18N6O3S2/c1-25-15(27)11-13(23-18(25)30-3)22-14-12(16(28)26(2)19(24-14)31-4)20(11)9-7-5-6-8-10(9)21-17(20)29/h5-8,22H,1-4H3,(H,21,29). The Labute approximate surface area is 185 Å². The number of carbonyl (C=O) groups excluding carboxylic acids is 1. The Morgan fingerprint density at radius 1 is 0.839 bits per heavy atom. The van der Waals surface area contributed by atoms with E-state index in [4.69, 9.17) is 0 Å². The van der Waals surface area contributed by atoms with Crippen LogP contribution in [-0.2, 0) is 24.3 Å². The van der Waals surface area contributed by atoms with Crippen LogP contribution in [0.3, 0.4) is 0 Å². The van der Waals surface area contributed by atoms with Crippen molar-refractivity contribution in [3.63, 3.8) is 0 Å². The zero-order chi connectivity index (χ0) is 22.1. The largest absolute Gasteiger partial charge is 0.324 e. The predicted octanol–water partition coefficient (Wildman–Crippen LogP) is 1.66. The van der Waals surface area contributed by atoms with Crippen LogP contribution in [0.2, 0.25) is 0 Å². The van der Waals surface area contributed by atoms with Gasteiger partial charge in [0.1, 0.15) is 17.1 Å². The number of amides is 1. The van der Waals surface area contributed by atoms with Crippen molar-refractivity contribution in [1.82, 2.24) is 19.1 Å². The Morgan fingerprint density at radius 3 is 1.87 bits per heavy atom. The van der Waals surface area contributed by atoms with E-state index >= 15 is 0 Å². The van der Waals surface area contributed by atoms with Crippen LogP contribution in [-0.4, -0.2) is 37.5 Å². The van der Waals surface area contributed by atoms with Gasteiger partial charge in [0.25, 0.3) is 11.1 Å². The molecule has 1 amide bonds. The number of carbonyl (C=O) groups is 1. The van der Waals surface area contributed by atoms with Gasteiger partial charge in [-0.25, -0.2) is 9.97 Å². The molecule has 0 saturated carbocycles. The molecule has 2 aliphatic rings. The van der Waals surface area contributed by atoms with E-state index in [-0.39, 0.29) is 22.8 Å². The Morgan fingerprint density at radius 2 is 1.35 bits per heavy atom. The molecule has 5 rings (SSSR count). The van der Waals surface area contributed by atoms with Crippen LogP contribution < -0.4 is 21.8 Å². The summed E-state index contributed by atoms with van der Waals surface area (Å²) in [6.45, 7) is 0. The highest BCUT2D eigenvalue weighted by molar-refractivity contribution is 7.98. The van der Waals surface area contributed by atoms with Gasteiger partial charge >= 0.3 is 0 Å². The van der Waals surface area contributed by atoms with E-state index in [0.29, 0.717) is 21.6 Å². The normalized spacial score (nSPS) is 15.2. The van der Waals surface area contributed by atoms with Crippen molar-refractivity contribution in [2.45, 2.75) is 15.7 Å². The van der Waals surface area contributed by atoms with E-state index in [1.807, 2.05) is 12.5 Å². The minimum absolute atomic E-state index is 0.124. The molecule has 0 saturated heterocycles. The fourth-order valence-electron chi connectivity index (χ4n) is 4.38. The van der Waals surface area contributed by atoms with Gasteiger partial charge in [-0.1, -0.05) is 41.7 Å². The van der Waals surface area contributed by atoms with Gasteiger partial charge in [-0.05, 0) is 18.6 Å². The lowest BCUT2D eigenvalue weighted by atomic mass is 9.69. The second-order valence-corrected chi connectivity index (χ2v) is 8.79. The van der Waals surface area contributed by atoms with Crippen LogP contribution >= 0.6 is 23.5 Å². The third-order valence-corrected chi connectivity index (χ3v) is 7.23. The molecule has 9 nitrogen and oxygen atoms in total. The Kier molecular flexibility index (Phi) is 4.31. The number of para-hydroxylation sites is 1. The van der Waals surface area contributed by atoms with E-state index < -0.39 is 22.4 Å². The molecule has 11 heteroatoms. The SMILES string of the molecule is CSc1nc2c(c(=O)n1C)C1(C(=O)Nc3ccccc31)c1c(nc(SC)n(C)c1=O)N2. The molecule has 4 heterocycles. The summed E-state index contributed by atoms with van der Waals surface area (Å²) in [5.41, 5.74) is -1.10. The van der Waals surface area contributed by atoms with Gasteiger partial charge in [0.15, 0.2) is 10.3 Å². The fraction of sp³-hybridized carbons (Fsp3) is 0.250. The number of anilines is 3. The number of benzene rings is 1. The highest BCUT2D eigenvalue weighted by Gasteiger charge is 2.58. The monoisotopic (exact) mass is 454 g/mol. The maximum atomic E-state index is 13.7. The van der Waals surface area contributed by atoms with Crippen molar-refractivity contribution in [1.29, 1.82) is 0 Å². The fourth-order valence-corrected chi connectivity index (χ4v) is 5.46. The lowest BCUT2D eigenvalue weighted by Gasteiger charge is -2.35. The topological polar surface area (TPSA) is 111 Å². The number of hydrogen-bond acceptors (Lipinski definition) is 8. The van der Waals surface area contributed by atoms with Crippen LogP contribution in [0.25, 0.3) is 0 Å². The molecule has 0 atom stereocenters. The van der Waals surface area contributed by atoms with Gasteiger partial charge in [-0.3, -0.25) is 23.5 Å². The highest BCUT2D eigenvalue weighted by atomic mass is 32.2. The van der Waals surface area contributed by atoms with E-state index in [0.717, 1.165) is 0 Å². The quantitative estimate of drug-likeness (QED) is 0.444. The van der Waals surface area contributed by atoms with Gasteiger partial charge in [0.2, 0.25) is 5.91 Å². The van der Waals surface area contributed by atoms with Crippen molar-refractivity contribution in [3.8, 4) is 0 Å². The van der Waals surface area contributed by atoms with Gasteiger partial charge < -0.3 is 10.6 Å². The average Bonchev–Trinajstić information content (AvgIpc) is 3.05. The maximum absolute atomic E-state index is 13.7. The number of fused-ring (bicyclic) bond motifs is 6. The van der Waals surface area contributed by atoms with Crippen molar-refractivity contribution in [3.05, 3.63) is 61.7 Å². The number of thioether (sulfide) groups is 2. The second kappa shape index (κ2) is 6.72. The smallest absolute Gasteiger partial charge is 0.261 e. The molecule has 158 valence electrons. The molecule has 1 spiro atoms. The lowest BCUT2D eigenvalue weighted by Crippen LogP contribution is -2.50. The molecule has 0 unspecified atom stereocenters. The van der Waals surface area contributed by atoms with E-state index in [1.54, 1.807) is 38.4 Å². The molecule has 0 aliphatic carbocycles. The summed E-state index contributed by atoms with van der Waals surface area (Å²) >= 11 is 2.63. The average molecular weight is 455 g/mol. The van der Waals surface area contributed by atoms with Gasteiger partial charge in [0, 0.05) is 25.3 Å². The first kappa shape index (κ1) is 19.9. The highest BCUT2D eigenvalue weighted by Crippen LogP contribution is 2.51. The summed E-state index contributed by atoms with van der Waals surface area (Å²) in [5, 5.41) is 6.90. The second-order valence-electron chi connectivity index (χ2n) is 7.25. The lowest BCUT2D eigenvalue weighted by molar-refractivity contribution is -0.118. The Hall–Kier alpha value is -3.05. The zero-order valence-corrected chi connectivity index (χ0v) is 18.8. The molecular weight excluding hydrogens is 436 g/mol. The van der Waals surface area contributed by atoms with Crippen LogP contribution in [0.4, 0.5) is 17.3 Å². The molecule has 2 aromatic heterocycles. The number of hydrogen-bond donors (Lipinski definition) is 2. The minimum Gasteiger partial charge on any atom is -0.324 e. The number of rotatable bonds is 2. The first-order valence-electron chi connectivity index (χ1n) is 9.35. The molecule has 0 radical (unpaired) electrons. The first-order valence-corrected chi connectivity index (χ1v) is 11.8. The summed E-state index contributed by atoms with van der Waals surface area (Å²) < 4.78 is 2.81. The van der Waals surface area contributed by atoms with Crippen LogP contribution in [0.1, 0.15) is 16.7 Å². The van der Waals surface area contributed by atoms with Crippen LogP contribution in [0, 0.1) is 0 Å². The molecule has 2 N–H and O–H groups in total. The third kappa shape index (κ3) is 2.38. The van der Waals surface area contributed by atoms with Crippen molar-refractivity contribution >= 4 is 46.8 Å². The predicted molar refractivity (Wildman–Crippen MR) is 121 cm³/mol. The van der Waals surface area contributed by atoms with Gasteiger partial charge in [-0.15, -0.1) is 0 Å². The molecular formula is C20H18N6O3S2. The molecule has 1 aromatic carbocycles. The zero-order valence-electron chi connectivity index (χ0n) is 17.1. The van der Waals surface area contributed by atoms with E-state index in [1.165, 1.54) is 32.7 Å². The number of nitrogens with zero attached hydrogens (tertiary/aromatic N) is 4.